The van der Waals surface area contributed by atoms with Gasteiger partial charge in [0.1, 0.15) is 0 Å². The standard InChI is InChI=1S/C19H18BrN5O4S/c1-2-10-3-5-11(6-4-10)22-14(26)9-30-19-24-16(21)15(18(28)25-19)23-17(27)12-7-8-13(20)29-12/h3-8H,2,9H2,1H3,(H,22,26)(H,23,27)(H3,21,24,25,28). The summed E-state index contributed by atoms with van der Waals surface area (Å²) in [6.45, 7) is 2.05. The molecule has 2 aromatic heterocycles. The zero-order chi connectivity index (χ0) is 21.7. The number of aryl methyl sites for hydroxylation is 1. The molecule has 156 valence electrons. The predicted octanol–water partition coefficient (Wildman–Crippen LogP) is 3.25. The summed E-state index contributed by atoms with van der Waals surface area (Å²) in [4.78, 5) is 43.1. The first-order chi connectivity index (χ1) is 14.4. The molecule has 0 bridgehead atoms. The largest absolute Gasteiger partial charge is 0.444 e. The number of carbonyl (C=O) groups is 2. The number of aromatic amines is 1. The fourth-order valence-electron chi connectivity index (χ4n) is 2.42. The molecule has 2 amide bonds. The van der Waals surface area contributed by atoms with Crippen molar-refractivity contribution in [2.75, 3.05) is 22.1 Å². The van der Waals surface area contributed by atoms with Gasteiger partial charge in [-0.3, -0.25) is 19.4 Å². The summed E-state index contributed by atoms with van der Waals surface area (Å²) in [5.41, 5.74) is 6.83. The highest BCUT2D eigenvalue weighted by Gasteiger charge is 2.17. The first-order valence-electron chi connectivity index (χ1n) is 8.83. The molecular weight excluding hydrogens is 474 g/mol. The number of aromatic nitrogens is 2. The van der Waals surface area contributed by atoms with Crippen LogP contribution in [0.1, 0.15) is 23.0 Å². The van der Waals surface area contributed by atoms with Gasteiger partial charge in [0, 0.05) is 5.69 Å². The van der Waals surface area contributed by atoms with Gasteiger partial charge >= 0.3 is 0 Å². The second-order valence-electron chi connectivity index (χ2n) is 6.08. The third-order valence-electron chi connectivity index (χ3n) is 3.95. The molecule has 0 radical (unpaired) electrons. The van der Waals surface area contributed by atoms with Crippen LogP contribution in [0.4, 0.5) is 17.2 Å². The summed E-state index contributed by atoms with van der Waals surface area (Å²) in [6.07, 6.45) is 0.917. The van der Waals surface area contributed by atoms with Gasteiger partial charge in [-0.1, -0.05) is 30.8 Å². The molecule has 5 N–H and O–H groups in total. The van der Waals surface area contributed by atoms with Crippen LogP contribution in [0.5, 0.6) is 0 Å². The van der Waals surface area contributed by atoms with Gasteiger partial charge in [-0.05, 0) is 52.2 Å². The summed E-state index contributed by atoms with van der Waals surface area (Å²) in [7, 11) is 0. The predicted molar refractivity (Wildman–Crippen MR) is 119 cm³/mol. The van der Waals surface area contributed by atoms with Crippen LogP contribution in [-0.4, -0.2) is 27.5 Å². The highest BCUT2D eigenvalue weighted by Crippen LogP contribution is 2.19. The smallest absolute Gasteiger partial charge is 0.291 e. The zero-order valence-corrected chi connectivity index (χ0v) is 18.2. The lowest BCUT2D eigenvalue weighted by atomic mass is 10.1. The molecule has 0 atom stereocenters. The second kappa shape index (κ2) is 9.63. The highest BCUT2D eigenvalue weighted by atomic mass is 79.9. The molecule has 3 rings (SSSR count). The van der Waals surface area contributed by atoms with E-state index in [1.54, 1.807) is 6.07 Å². The topological polar surface area (TPSA) is 143 Å². The Kier molecular flexibility index (Phi) is 6.95. The van der Waals surface area contributed by atoms with Crippen molar-refractivity contribution in [3.8, 4) is 0 Å². The zero-order valence-electron chi connectivity index (χ0n) is 15.8. The number of amides is 2. The first kappa shape index (κ1) is 21.7. The molecule has 11 heteroatoms. The Bertz CT molecular complexity index is 1130. The number of benzene rings is 1. The lowest BCUT2D eigenvalue weighted by Gasteiger charge is -2.08. The lowest BCUT2D eigenvalue weighted by molar-refractivity contribution is -0.113. The van der Waals surface area contributed by atoms with Gasteiger partial charge in [-0.25, -0.2) is 4.98 Å². The average Bonchev–Trinajstić information content (AvgIpc) is 3.16. The highest BCUT2D eigenvalue weighted by molar-refractivity contribution is 9.10. The summed E-state index contributed by atoms with van der Waals surface area (Å²) in [5, 5.41) is 5.30. The number of H-pyrrole nitrogens is 1. The number of nitrogens with two attached hydrogens (primary N) is 1. The third-order valence-corrected chi connectivity index (χ3v) is 5.25. The third kappa shape index (κ3) is 5.51. The molecular formula is C19H18BrN5O4S. The molecule has 0 unspecified atom stereocenters. The van der Waals surface area contributed by atoms with Gasteiger partial charge < -0.3 is 20.8 Å². The van der Waals surface area contributed by atoms with E-state index in [4.69, 9.17) is 10.2 Å². The molecule has 0 spiro atoms. The van der Waals surface area contributed by atoms with Crippen molar-refractivity contribution in [3.05, 3.63) is 62.7 Å². The molecule has 0 saturated carbocycles. The number of hydrogen-bond acceptors (Lipinski definition) is 7. The van der Waals surface area contributed by atoms with Crippen LogP contribution in [0, 0.1) is 0 Å². The van der Waals surface area contributed by atoms with E-state index in [0.29, 0.717) is 10.4 Å². The SMILES string of the molecule is CCc1ccc(NC(=O)CSc2nc(N)c(NC(=O)c3ccc(Br)o3)c(=O)[nH]2)cc1. The van der Waals surface area contributed by atoms with E-state index >= 15 is 0 Å². The van der Waals surface area contributed by atoms with Crippen molar-refractivity contribution < 1.29 is 14.0 Å². The number of hydrogen-bond donors (Lipinski definition) is 4. The van der Waals surface area contributed by atoms with Gasteiger partial charge in [0.25, 0.3) is 11.5 Å². The van der Waals surface area contributed by atoms with E-state index in [2.05, 4.69) is 43.5 Å². The number of rotatable bonds is 7. The number of halogens is 1. The number of nitrogen functional groups attached to an aromatic ring is 1. The number of nitrogens with zero attached hydrogens (tertiary/aromatic N) is 1. The molecule has 1 aromatic carbocycles. The maximum Gasteiger partial charge on any atom is 0.291 e. The van der Waals surface area contributed by atoms with Crippen molar-refractivity contribution in [3.63, 3.8) is 0 Å². The Morgan fingerprint density at radius 2 is 1.93 bits per heavy atom. The minimum atomic E-state index is -0.645. The van der Waals surface area contributed by atoms with Crippen molar-refractivity contribution in [1.82, 2.24) is 9.97 Å². The van der Waals surface area contributed by atoms with Crippen LogP contribution in [0.15, 0.2) is 55.4 Å². The van der Waals surface area contributed by atoms with E-state index in [0.717, 1.165) is 18.2 Å². The van der Waals surface area contributed by atoms with Crippen LogP contribution >= 0.6 is 27.7 Å². The first-order valence-corrected chi connectivity index (χ1v) is 10.6. The molecule has 0 aliphatic heterocycles. The number of carbonyl (C=O) groups excluding carboxylic acids is 2. The maximum atomic E-state index is 12.3. The quantitative estimate of drug-likeness (QED) is 0.293. The Labute approximate surface area is 184 Å². The normalized spacial score (nSPS) is 10.6. The number of nitrogens with one attached hydrogen (secondary N) is 3. The van der Waals surface area contributed by atoms with Gasteiger partial charge in [0.15, 0.2) is 27.1 Å². The Hall–Kier alpha value is -3.05. The van der Waals surface area contributed by atoms with Crippen LogP contribution < -0.4 is 21.9 Å². The van der Waals surface area contributed by atoms with E-state index in [-0.39, 0.29) is 34.1 Å². The van der Waals surface area contributed by atoms with Crippen molar-refractivity contribution in [2.45, 2.75) is 18.5 Å². The average molecular weight is 492 g/mol. The van der Waals surface area contributed by atoms with E-state index in [1.807, 2.05) is 24.3 Å². The molecule has 3 aromatic rings. The molecule has 30 heavy (non-hydrogen) atoms. The minimum absolute atomic E-state index is 0.00256. The van der Waals surface area contributed by atoms with Crippen LogP contribution in [0.25, 0.3) is 0 Å². The summed E-state index contributed by atoms with van der Waals surface area (Å²) in [6, 6.07) is 10.5. The molecule has 2 heterocycles. The van der Waals surface area contributed by atoms with Crippen molar-refractivity contribution >= 4 is 56.7 Å². The summed E-state index contributed by atoms with van der Waals surface area (Å²) >= 11 is 4.11. The molecule has 0 fully saturated rings. The van der Waals surface area contributed by atoms with Crippen LogP contribution in [0.3, 0.4) is 0 Å². The molecule has 0 aliphatic rings. The Morgan fingerprint density at radius 3 is 2.53 bits per heavy atom. The molecule has 0 aliphatic carbocycles. The molecule has 9 nitrogen and oxygen atoms in total. The van der Waals surface area contributed by atoms with Gasteiger partial charge in [-0.2, -0.15) is 0 Å². The van der Waals surface area contributed by atoms with Crippen molar-refractivity contribution in [2.24, 2.45) is 0 Å². The number of anilines is 3. The van der Waals surface area contributed by atoms with E-state index in [9.17, 15) is 14.4 Å². The van der Waals surface area contributed by atoms with E-state index < -0.39 is 11.5 Å². The van der Waals surface area contributed by atoms with Gasteiger partial charge in [-0.15, -0.1) is 0 Å². The van der Waals surface area contributed by atoms with Crippen LogP contribution in [-0.2, 0) is 11.2 Å². The fourth-order valence-corrected chi connectivity index (χ4v) is 3.40. The molecule has 0 saturated heterocycles. The monoisotopic (exact) mass is 491 g/mol. The summed E-state index contributed by atoms with van der Waals surface area (Å²) < 4.78 is 5.50. The van der Waals surface area contributed by atoms with Crippen molar-refractivity contribution in [1.29, 1.82) is 0 Å². The fraction of sp³-hybridized carbons (Fsp3) is 0.158. The second-order valence-corrected chi connectivity index (χ2v) is 7.82. The summed E-state index contributed by atoms with van der Waals surface area (Å²) in [5.74, 6) is -1.05. The number of furan rings is 1. The van der Waals surface area contributed by atoms with Gasteiger partial charge in [0.2, 0.25) is 5.91 Å². The Morgan fingerprint density at radius 1 is 1.20 bits per heavy atom. The Balaban J connectivity index is 1.61. The van der Waals surface area contributed by atoms with Gasteiger partial charge in [0.05, 0.1) is 5.75 Å². The maximum absolute atomic E-state index is 12.3. The number of thioether (sulfide) groups is 1. The lowest BCUT2D eigenvalue weighted by Crippen LogP contribution is -2.23. The van der Waals surface area contributed by atoms with E-state index in [1.165, 1.54) is 11.6 Å². The van der Waals surface area contributed by atoms with Crippen LogP contribution in [0.2, 0.25) is 0 Å². The minimum Gasteiger partial charge on any atom is -0.444 e.